The summed E-state index contributed by atoms with van der Waals surface area (Å²) in [7, 11) is 0. The maximum absolute atomic E-state index is 13.4. The Morgan fingerprint density at radius 3 is 2.56 bits per heavy atom. The Balaban J connectivity index is 2.80. The van der Waals surface area contributed by atoms with Crippen LogP contribution in [0.1, 0.15) is 5.56 Å². The molecular weight excluding hydrogens is 266 g/mol. The van der Waals surface area contributed by atoms with Crippen LogP contribution in [0.25, 0.3) is 5.69 Å². The molecule has 0 saturated heterocycles. The van der Waals surface area contributed by atoms with Crippen LogP contribution in [0.2, 0.25) is 5.15 Å². The lowest BCUT2D eigenvalue weighted by Crippen LogP contribution is -2.35. The third-order valence-corrected chi connectivity index (χ3v) is 2.68. The van der Waals surface area contributed by atoms with Gasteiger partial charge in [-0.3, -0.25) is 9.78 Å². The third-order valence-electron chi connectivity index (χ3n) is 2.42. The Morgan fingerprint density at radius 2 is 1.94 bits per heavy atom. The predicted octanol–water partition coefficient (Wildman–Crippen LogP) is 1.77. The summed E-state index contributed by atoms with van der Waals surface area (Å²) >= 11 is 5.32. The zero-order valence-corrected chi connectivity index (χ0v) is 9.89. The van der Waals surface area contributed by atoms with Gasteiger partial charge >= 0.3 is 5.69 Å². The van der Waals surface area contributed by atoms with E-state index in [1.54, 1.807) is 0 Å². The summed E-state index contributed by atoms with van der Waals surface area (Å²) in [5.74, 6) is -1.90. The van der Waals surface area contributed by atoms with Crippen LogP contribution in [0.15, 0.2) is 27.8 Å². The Hall–Kier alpha value is -1.95. The molecule has 18 heavy (non-hydrogen) atoms. The summed E-state index contributed by atoms with van der Waals surface area (Å²) < 4.78 is 27.1. The number of nitrogens with zero attached hydrogens (tertiary/aromatic N) is 1. The van der Waals surface area contributed by atoms with Gasteiger partial charge in [0.15, 0.2) is 5.15 Å². The van der Waals surface area contributed by atoms with E-state index in [0.29, 0.717) is 10.1 Å². The SMILES string of the molecule is Cc1ccc(-n2c(=O)[nH]c(Cl)c(F)c2=O)cc1F. The molecule has 1 aromatic heterocycles. The van der Waals surface area contributed by atoms with E-state index in [1.165, 1.54) is 19.1 Å². The van der Waals surface area contributed by atoms with Crippen molar-refractivity contribution in [3.63, 3.8) is 0 Å². The zero-order chi connectivity index (χ0) is 13.4. The summed E-state index contributed by atoms with van der Waals surface area (Å²) in [6.07, 6.45) is 0. The number of nitrogens with one attached hydrogen (secondary N) is 1. The molecular formula is C11H7ClF2N2O2. The van der Waals surface area contributed by atoms with Crippen molar-refractivity contribution in [2.75, 3.05) is 0 Å². The van der Waals surface area contributed by atoms with Gasteiger partial charge in [-0.05, 0) is 24.6 Å². The second kappa shape index (κ2) is 4.38. The molecule has 1 heterocycles. The normalized spacial score (nSPS) is 10.7. The molecule has 0 radical (unpaired) electrons. The second-order valence-electron chi connectivity index (χ2n) is 3.63. The fourth-order valence-corrected chi connectivity index (χ4v) is 1.61. The fourth-order valence-electron chi connectivity index (χ4n) is 1.44. The average molecular weight is 273 g/mol. The number of hydrogen-bond acceptors (Lipinski definition) is 2. The maximum atomic E-state index is 13.4. The van der Waals surface area contributed by atoms with E-state index in [4.69, 9.17) is 11.6 Å². The van der Waals surface area contributed by atoms with Gasteiger partial charge in [0.1, 0.15) is 5.82 Å². The number of benzene rings is 1. The first-order valence-corrected chi connectivity index (χ1v) is 5.26. The van der Waals surface area contributed by atoms with Crippen LogP contribution >= 0.6 is 11.6 Å². The molecule has 0 saturated carbocycles. The summed E-state index contributed by atoms with van der Waals surface area (Å²) in [4.78, 5) is 25.1. The summed E-state index contributed by atoms with van der Waals surface area (Å²) in [5.41, 5.74) is -1.89. The number of aromatic nitrogens is 2. The van der Waals surface area contributed by atoms with Crippen molar-refractivity contribution in [3.8, 4) is 5.69 Å². The van der Waals surface area contributed by atoms with Gasteiger partial charge in [0, 0.05) is 0 Å². The van der Waals surface area contributed by atoms with Gasteiger partial charge in [0.05, 0.1) is 5.69 Å². The standard InChI is InChI=1S/C11H7ClF2N2O2/c1-5-2-3-6(4-7(5)13)16-10(17)8(14)9(12)15-11(16)18/h2-4H,1H3,(H,15,18). The van der Waals surface area contributed by atoms with E-state index >= 15 is 0 Å². The Labute approximate surface area is 104 Å². The first-order valence-electron chi connectivity index (χ1n) is 4.88. The van der Waals surface area contributed by atoms with Crippen molar-refractivity contribution in [2.24, 2.45) is 0 Å². The summed E-state index contributed by atoms with van der Waals surface area (Å²) in [6.45, 7) is 1.52. The number of aromatic amines is 1. The number of halogens is 3. The van der Waals surface area contributed by atoms with Gasteiger partial charge in [0.2, 0.25) is 5.82 Å². The van der Waals surface area contributed by atoms with Crippen LogP contribution in [-0.2, 0) is 0 Å². The predicted molar refractivity (Wildman–Crippen MR) is 62.3 cm³/mol. The van der Waals surface area contributed by atoms with Crippen LogP contribution in [0.3, 0.4) is 0 Å². The van der Waals surface area contributed by atoms with E-state index in [-0.39, 0.29) is 5.69 Å². The van der Waals surface area contributed by atoms with E-state index < -0.39 is 28.0 Å². The quantitative estimate of drug-likeness (QED) is 0.805. The third kappa shape index (κ3) is 1.95. The van der Waals surface area contributed by atoms with Gasteiger partial charge in [-0.15, -0.1) is 0 Å². The van der Waals surface area contributed by atoms with E-state index in [1.807, 2.05) is 4.98 Å². The lowest BCUT2D eigenvalue weighted by molar-refractivity contribution is 0.582. The molecule has 0 fully saturated rings. The second-order valence-corrected chi connectivity index (χ2v) is 4.01. The van der Waals surface area contributed by atoms with Crippen molar-refractivity contribution in [1.82, 2.24) is 9.55 Å². The molecule has 94 valence electrons. The van der Waals surface area contributed by atoms with Crippen LogP contribution in [0.5, 0.6) is 0 Å². The van der Waals surface area contributed by atoms with Crippen LogP contribution in [0, 0.1) is 18.6 Å². The van der Waals surface area contributed by atoms with Gasteiger partial charge in [0.25, 0.3) is 5.56 Å². The van der Waals surface area contributed by atoms with Crippen molar-refractivity contribution in [2.45, 2.75) is 6.92 Å². The highest BCUT2D eigenvalue weighted by atomic mass is 35.5. The lowest BCUT2D eigenvalue weighted by atomic mass is 10.2. The molecule has 0 spiro atoms. The van der Waals surface area contributed by atoms with Gasteiger partial charge < -0.3 is 0 Å². The smallest absolute Gasteiger partial charge is 0.295 e. The molecule has 0 atom stereocenters. The van der Waals surface area contributed by atoms with Gasteiger partial charge in [-0.25, -0.2) is 13.8 Å². The summed E-state index contributed by atoms with van der Waals surface area (Å²) in [6, 6.07) is 3.69. The highest BCUT2D eigenvalue weighted by molar-refractivity contribution is 6.29. The molecule has 0 aliphatic rings. The molecule has 4 nitrogen and oxygen atoms in total. The highest BCUT2D eigenvalue weighted by Gasteiger charge is 2.14. The van der Waals surface area contributed by atoms with Gasteiger partial charge in [-0.2, -0.15) is 4.39 Å². The maximum Gasteiger partial charge on any atom is 0.334 e. The topological polar surface area (TPSA) is 54.9 Å². The average Bonchev–Trinajstić information content (AvgIpc) is 2.31. The Morgan fingerprint density at radius 1 is 1.28 bits per heavy atom. The minimum absolute atomic E-state index is 0.0695. The monoisotopic (exact) mass is 272 g/mol. The molecule has 0 aliphatic heterocycles. The minimum Gasteiger partial charge on any atom is -0.295 e. The molecule has 1 aromatic carbocycles. The van der Waals surface area contributed by atoms with Crippen molar-refractivity contribution >= 4 is 11.6 Å². The van der Waals surface area contributed by atoms with Crippen molar-refractivity contribution < 1.29 is 8.78 Å². The first kappa shape index (κ1) is 12.5. The lowest BCUT2D eigenvalue weighted by Gasteiger charge is -2.06. The minimum atomic E-state index is -1.29. The molecule has 0 amide bonds. The van der Waals surface area contributed by atoms with E-state index in [9.17, 15) is 18.4 Å². The Bertz CT molecular complexity index is 737. The first-order chi connectivity index (χ1) is 8.41. The molecule has 0 aliphatic carbocycles. The zero-order valence-electron chi connectivity index (χ0n) is 9.13. The summed E-state index contributed by atoms with van der Waals surface area (Å²) in [5, 5.41) is -0.672. The van der Waals surface area contributed by atoms with Crippen molar-refractivity contribution in [1.29, 1.82) is 0 Å². The largest absolute Gasteiger partial charge is 0.334 e. The Kier molecular flexibility index (Phi) is 3.04. The molecule has 1 N–H and O–H groups in total. The number of rotatable bonds is 1. The molecule has 0 unspecified atom stereocenters. The van der Waals surface area contributed by atoms with Crippen molar-refractivity contribution in [3.05, 3.63) is 61.4 Å². The van der Waals surface area contributed by atoms with Gasteiger partial charge in [-0.1, -0.05) is 17.7 Å². The fraction of sp³-hybridized carbons (Fsp3) is 0.0909. The van der Waals surface area contributed by atoms with E-state index in [0.717, 1.165) is 6.07 Å². The van der Waals surface area contributed by atoms with Crippen LogP contribution in [0.4, 0.5) is 8.78 Å². The van der Waals surface area contributed by atoms with Crippen LogP contribution < -0.4 is 11.2 Å². The number of aryl methyl sites for hydroxylation is 1. The van der Waals surface area contributed by atoms with E-state index in [2.05, 4.69) is 0 Å². The molecule has 7 heteroatoms. The number of hydrogen-bond donors (Lipinski definition) is 1. The number of H-pyrrole nitrogens is 1. The molecule has 2 rings (SSSR count). The molecule has 0 bridgehead atoms. The highest BCUT2D eigenvalue weighted by Crippen LogP contribution is 2.11. The van der Waals surface area contributed by atoms with Crippen LogP contribution in [-0.4, -0.2) is 9.55 Å². The molecule has 2 aromatic rings.